The number of carbonyl (C=O) groups is 1. The normalized spacial score (nSPS) is 10.8. The fourth-order valence-electron chi connectivity index (χ4n) is 2.04. The average molecular weight is 268 g/mol. The predicted molar refractivity (Wildman–Crippen MR) is 75.9 cm³/mol. The number of aryl methyl sites for hydroxylation is 1. The summed E-state index contributed by atoms with van der Waals surface area (Å²) >= 11 is 0. The van der Waals surface area contributed by atoms with E-state index in [1.54, 1.807) is 36.4 Å². The molecular weight excluding hydrogens is 256 g/mol. The molecule has 3 rings (SSSR count). The molecule has 2 aromatic carbocycles. The summed E-state index contributed by atoms with van der Waals surface area (Å²) in [6, 6.07) is 10.0. The van der Waals surface area contributed by atoms with Gasteiger partial charge in [0.2, 0.25) is 0 Å². The minimum absolute atomic E-state index is 0.164. The van der Waals surface area contributed by atoms with Gasteiger partial charge in [0.05, 0.1) is 5.52 Å². The lowest BCUT2D eigenvalue weighted by Gasteiger charge is -2.04. The third kappa shape index (κ3) is 1.99. The number of H-pyrrole nitrogens is 1. The molecule has 0 fully saturated rings. The maximum Gasteiger partial charge on any atom is 0.417 e. The van der Waals surface area contributed by atoms with Crippen LogP contribution in [0.15, 0.2) is 45.6 Å². The first-order valence-corrected chi connectivity index (χ1v) is 6.08. The van der Waals surface area contributed by atoms with E-state index in [1.807, 2.05) is 6.92 Å². The lowest BCUT2D eigenvalue weighted by Crippen LogP contribution is -2.02. The SMILES string of the molecule is Cc1ccc(C(=O)c2ccc3[nH]c(=O)oc3c2)cc1N. The molecule has 0 aliphatic heterocycles. The van der Waals surface area contributed by atoms with Crippen LogP contribution in [-0.4, -0.2) is 10.8 Å². The number of nitrogen functional groups attached to an aromatic ring is 1. The number of anilines is 1. The van der Waals surface area contributed by atoms with Crippen LogP contribution in [0.25, 0.3) is 11.1 Å². The van der Waals surface area contributed by atoms with Crippen LogP contribution in [-0.2, 0) is 0 Å². The molecule has 0 aliphatic rings. The molecule has 1 aromatic heterocycles. The van der Waals surface area contributed by atoms with Crippen LogP contribution in [0, 0.1) is 6.92 Å². The Morgan fingerprint density at radius 2 is 1.85 bits per heavy atom. The first-order chi connectivity index (χ1) is 9.54. The fraction of sp³-hybridized carbons (Fsp3) is 0.0667. The fourth-order valence-corrected chi connectivity index (χ4v) is 2.04. The molecule has 3 aromatic rings. The molecule has 0 bridgehead atoms. The van der Waals surface area contributed by atoms with E-state index in [1.165, 1.54) is 0 Å². The smallest absolute Gasteiger partial charge is 0.408 e. The topological polar surface area (TPSA) is 89.1 Å². The van der Waals surface area contributed by atoms with Crippen molar-refractivity contribution in [1.82, 2.24) is 4.98 Å². The first kappa shape index (κ1) is 12.2. The monoisotopic (exact) mass is 268 g/mol. The highest BCUT2D eigenvalue weighted by molar-refractivity contribution is 6.10. The van der Waals surface area contributed by atoms with Gasteiger partial charge < -0.3 is 10.2 Å². The number of hydrogen-bond donors (Lipinski definition) is 2. The summed E-state index contributed by atoms with van der Waals surface area (Å²) < 4.78 is 4.95. The molecule has 20 heavy (non-hydrogen) atoms. The highest BCUT2D eigenvalue weighted by Gasteiger charge is 2.12. The van der Waals surface area contributed by atoms with E-state index in [2.05, 4.69) is 4.98 Å². The molecule has 0 spiro atoms. The molecule has 0 saturated heterocycles. The van der Waals surface area contributed by atoms with Gasteiger partial charge in [-0.25, -0.2) is 4.79 Å². The van der Waals surface area contributed by atoms with Crippen LogP contribution in [0.1, 0.15) is 21.5 Å². The largest absolute Gasteiger partial charge is 0.417 e. The predicted octanol–water partition coefficient (Wildman–Crippen LogP) is 2.24. The van der Waals surface area contributed by atoms with Gasteiger partial charge in [-0.05, 0) is 36.8 Å². The van der Waals surface area contributed by atoms with E-state index in [9.17, 15) is 9.59 Å². The van der Waals surface area contributed by atoms with Crippen molar-refractivity contribution in [3.8, 4) is 0 Å². The Morgan fingerprint density at radius 1 is 1.15 bits per heavy atom. The second-order valence-corrected chi connectivity index (χ2v) is 4.63. The number of aromatic amines is 1. The number of carbonyl (C=O) groups excluding carboxylic acids is 1. The summed E-state index contributed by atoms with van der Waals surface area (Å²) in [4.78, 5) is 26.0. The van der Waals surface area contributed by atoms with Crippen molar-refractivity contribution in [2.45, 2.75) is 6.92 Å². The van der Waals surface area contributed by atoms with Crippen LogP contribution in [0.5, 0.6) is 0 Å². The van der Waals surface area contributed by atoms with Crippen LogP contribution in [0.4, 0.5) is 5.69 Å². The molecule has 0 atom stereocenters. The number of rotatable bonds is 2. The van der Waals surface area contributed by atoms with Gasteiger partial charge in [0, 0.05) is 16.8 Å². The summed E-state index contributed by atoms with van der Waals surface area (Å²) in [6.07, 6.45) is 0. The molecule has 100 valence electrons. The Balaban J connectivity index is 2.07. The molecule has 3 N–H and O–H groups in total. The van der Waals surface area contributed by atoms with Crippen molar-refractivity contribution in [2.75, 3.05) is 5.73 Å². The highest BCUT2D eigenvalue weighted by Crippen LogP contribution is 2.19. The summed E-state index contributed by atoms with van der Waals surface area (Å²) in [5.74, 6) is -0.702. The van der Waals surface area contributed by atoms with E-state index in [0.717, 1.165) is 5.56 Å². The zero-order chi connectivity index (χ0) is 14.3. The molecular formula is C15H12N2O3. The van der Waals surface area contributed by atoms with E-state index >= 15 is 0 Å². The summed E-state index contributed by atoms with van der Waals surface area (Å²) in [7, 11) is 0. The van der Waals surface area contributed by atoms with Gasteiger partial charge in [0.1, 0.15) is 0 Å². The number of ketones is 1. The highest BCUT2D eigenvalue weighted by atomic mass is 16.4. The van der Waals surface area contributed by atoms with Crippen molar-refractivity contribution in [1.29, 1.82) is 0 Å². The van der Waals surface area contributed by atoms with Gasteiger partial charge in [-0.3, -0.25) is 9.78 Å². The van der Waals surface area contributed by atoms with Crippen LogP contribution < -0.4 is 11.5 Å². The molecule has 0 aliphatic carbocycles. The van der Waals surface area contributed by atoms with Crippen molar-refractivity contribution < 1.29 is 9.21 Å². The number of aromatic nitrogens is 1. The Morgan fingerprint density at radius 3 is 2.60 bits per heavy atom. The van der Waals surface area contributed by atoms with Crippen molar-refractivity contribution in [3.05, 3.63) is 63.6 Å². The maximum atomic E-state index is 12.4. The minimum Gasteiger partial charge on any atom is -0.408 e. The second-order valence-electron chi connectivity index (χ2n) is 4.63. The molecule has 1 heterocycles. The van der Waals surface area contributed by atoms with Crippen molar-refractivity contribution in [2.24, 2.45) is 0 Å². The second kappa shape index (κ2) is 4.38. The third-order valence-corrected chi connectivity index (χ3v) is 3.22. The van der Waals surface area contributed by atoms with Gasteiger partial charge in [-0.15, -0.1) is 0 Å². The summed E-state index contributed by atoms with van der Waals surface area (Å²) in [6.45, 7) is 1.88. The standard InChI is InChI=1S/C15H12N2O3/c1-8-2-3-9(6-11(8)16)14(18)10-4-5-12-13(7-10)20-15(19)17-12/h2-7H,16H2,1H3,(H,17,19). The molecule has 5 nitrogen and oxygen atoms in total. The van der Waals surface area contributed by atoms with Gasteiger partial charge in [-0.2, -0.15) is 0 Å². The maximum absolute atomic E-state index is 12.4. The zero-order valence-corrected chi connectivity index (χ0v) is 10.8. The first-order valence-electron chi connectivity index (χ1n) is 6.08. The number of nitrogens with two attached hydrogens (primary N) is 1. The lowest BCUT2D eigenvalue weighted by molar-refractivity contribution is 0.103. The zero-order valence-electron chi connectivity index (χ0n) is 10.8. The molecule has 0 amide bonds. The number of oxazole rings is 1. The Kier molecular flexibility index (Phi) is 2.68. The third-order valence-electron chi connectivity index (χ3n) is 3.22. The number of nitrogens with one attached hydrogen (secondary N) is 1. The Bertz CT molecular complexity index is 874. The van der Waals surface area contributed by atoms with Gasteiger partial charge in [-0.1, -0.05) is 12.1 Å². The van der Waals surface area contributed by atoms with Crippen molar-refractivity contribution >= 4 is 22.6 Å². The average Bonchev–Trinajstić information content (AvgIpc) is 2.80. The van der Waals surface area contributed by atoms with E-state index in [4.69, 9.17) is 10.2 Å². The Hall–Kier alpha value is -2.82. The lowest BCUT2D eigenvalue weighted by atomic mass is 10.0. The molecule has 5 heteroatoms. The van der Waals surface area contributed by atoms with Crippen LogP contribution >= 0.6 is 0 Å². The minimum atomic E-state index is -0.538. The van der Waals surface area contributed by atoms with E-state index in [0.29, 0.717) is 27.9 Å². The summed E-state index contributed by atoms with van der Waals surface area (Å²) in [5, 5.41) is 0. The molecule has 0 saturated carbocycles. The molecule has 0 unspecified atom stereocenters. The van der Waals surface area contributed by atoms with Crippen molar-refractivity contribution in [3.63, 3.8) is 0 Å². The number of benzene rings is 2. The van der Waals surface area contributed by atoms with Gasteiger partial charge in [0.25, 0.3) is 0 Å². The summed E-state index contributed by atoms with van der Waals surface area (Å²) in [5.41, 5.74) is 9.19. The molecule has 0 radical (unpaired) electrons. The Labute approximate surface area is 114 Å². The van der Waals surface area contributed by atoms with E-state index < -0.39 is 5.76 Å². The van der Waals surface area contributed by atoms with Crippen LogP contribution in [0.3, 0.4) is 0 Å². The van der Waals surface area contributed by atoms with E-state index in [-0.39, 0.29) is 5.78 Å². The quantitative estimate of drug-likeness (QED) is 0.551. The number of hydrogen-bond acceptors (Lipinski definition) is 4. The van der Waals surface area contributed by atoms with Gasteiger partial charge >= 0.3 is 5.76 Å². The van der Waals surface area contributed by atoms with Crippen LogP contribution in [0.2, 0.25) is 0 Å². The number of fused-ring (bicyclic) bond motifs is 1. The van der Waals surface area contributed by atoms with Gasteiger partial charge in [0.15, 0.2) is 11.4 Å².